The van der Waals surface area contributed by atoms with Crippen LogP contribution in [0.3, 0.4) is 0 Å². The third kappa shape index (κ3) is 6.35. The number of amides is 1. The number of hydrogen-bond donors (Lipinski definition) is 2. The van der Waals surface area contributed by atoms with Crippen LogP contribution in [0.5, 0.6) is 5.75 Å². The first-order valence-electron chi connectivity index (χ1n) is 9.84. The molecular formula is C22H28ClN3O3. The zero-order valence-electron chi connectivity index (χ0n) is 16.8. The minimum absolute atomic E-state index is 0.112. The number of piperazine rings is 1. The summed E-state index contributed by atoms with van der Waals surface area (Å²) in [5.41, 5.74) is 1.89. The minimum atomic E-state index is -0.574. The number of nitrogens with one attached hydrogen (secondary N) is 1. The van der Waals surface area contributed by atoms with E-state index in [1.54, 1.807) is 24.3 Å². The van der Waals surface area contributed by atoms with Crippen molar-refractivity contribution in [3.8, 4) is 5.75 Å². The quantitative estimate of drug-likeness (QED) is 0.724. The molecule has 7 heteroatoms. The van der Waals surface area contributed by atoms with Crippen LogP contribution in [0.15, 0.2) is 48.5 Å². The van der Waals surface area contributed by atoms with E-state index in [1.807, 2.05) is 24.3 Å². The average Bonchev–Trinajstić information content (AvgIpc) is 2.69. The lowest BCUT2D eigenvalue weighted by Gasteiger charge is -2.41. The maximum atomic E-state index is 11.1. The lowest BCUT2D eigenvalue weighted by molar-refractivity contribution is -0.114. The molecule has 156 valence electrons. The van der Waals surface area contributed by atoms with Gasteiger partial charge in [-0.3, -0.25) is 9.69 Å². The van der Waals surface area contributed by atoms with E-state index in [-0.39, 0.29) is 12.5 Å². The van der Waals surface area contributed by atoms with Crippen LogP contribution in [0.1, 0.15) is 13.8 Å². The van der Waals surface area contributed by atoms with Crippen LogP contribution in [0.25, 0.3) is 0 Å². The summed E-state index contributed by atoms with van der Waals surface area (Å²) in [7, 11) is 0. The highest BCUT2D eigenvalue weighted by Gasteiger charge is 2.25. The number of ether oxygens (including phenoxy) is 1. The fourth-order valence-corrected chi connectivity index (χ4v) is 3.63. The van der Waals surface area contributed by atoms with Crippen molar-refractivity contribution in [1.29, 1.82) is 0 Å². The number of aliphatic hydroxyl groups is 1. The molecule has 2 N–H and O–H groups in total. The first-order chi connectivity index (χ1) is 13.9. The fourth-order valence-electron chi connectivity index (χ4n) is 3.51. The summed E-state index contributed by atoms with van der Waals surface area (Å²) in [5, 5.41) is 13.9. The largest absolute Gasteiger partial charge is 0.491 e. The van der Waals surface area contributed by atoms with Crippen molar-refractivity contribution in [3.63, 3.8) is 0 Å². The highest BCUT2D eigenvalue weighted by molar-refractivity contribution is 6.30. The van der Waals surface area contributed by atoms with E-state index in [0.29, 0.717) is 18.3 Å². The van der Waals surface area contributed by atoms with Crippen molar-refractivity contribution < 1.29 is 14.6 Å². The Labute approximate surface area is 177 Å². The Balaban J connectivity index is 1.44. The predicted octanol–water partition coefficient (Wildman–Crippen LogP) is 3.25. The van der Waals surface area contributed by atoms with Gasteiger partial charge in [0, 0.05) is 55.5 Å². The number of anilines is 2. The number of rotatable bonds is 7. The topological polar surface area (TPSA) is 65.0 Å². The Hall–Kier alpha value is -2.28. The highest BCUT2D eigenvalue weighted by atomic mass is 35.5. The normalized spacial score (nSPS) is 18.3. The van der Waals surface area contributed by atoms with E-state index in [0.717, 1.165) is 30.3 Å². The number of hydrogen-bond acceptors (Lipinski definition) is 5. The minimum Gasteiger partial charge on any atom is -0.491 e. The molecule has 0 bridgehead atoms. The molecule has 2 atom stereocenters. The Kier molecular flexibility index (Phi) is 7.36. The van der Waals surface area contributed by atoms with E-state index in [9.17, 15) is 9.90 Å². The van der Waals surface area contributed by atoms with E-state index < -0.39 is 6.10 Å². The summed E-state index contributed by atoms with van der Waals surface area (Å²) in [6.45, 7) is 7.13. The van der Waals surface area contributed by atoms with Crippen LogP contribution < -0.4 is 15.0 Å². The second kappa shape index (κ2) is 9.96. The summed E-state index contributed by atoms with van der Waals surface area (Å²) >= 11 is 5.98. The number of nitrogens with zero attached hydrogens (tertiary/aromatic N) is 2. The highest BCUT2D eigenvalue weighted by Crippen LogP contribution is 2.22. The third-order valence-electron chi connectivity index (χ3n) is 5.02. The van der Waals surface area contributed by atoms with Gasteiger partial charge in [-0.15, -0.1) is 0 Å². The van der Waals surface area contributed by atoms with Gasteiger partial charge in [-0.05, 0) is 55.5 Å². The molecule has 1 fully saturated rings. The molecule has 2 aromatic carbocycles. The molecule has 0 radical (unpaired) electrons. The van der Waals surface area contributed by atoms with Crippen molar-refractivity contribution in [2.24, 2.45) is 0 Å². The summed E-state index contributed by atoms with van der Waals surface area (Å²) in [6, 6.07) is 15.4. The Morgan fingerprint density at radius 2 is 1.90 bits per heavy atom. The Morgan fingerprint density at radius 1 is 1.21 bits per heavy atom. The van der Waals surface area contributed by atoms with Gasteiger partial charge in [0.2, 0.25) is 5.91 Å². The van der Waals surface area contributed by atoms with Gasteiger partial charge in [0.25, 0.3) is 0 Å². The molecule has 0 unspecified atom stereocenters. The van der Waals surface area contributed by atoms with Crippen molar-refractivity contribution in [2.45, 2.75) is 26.0 Å². The smallest absolute Gasteiger partial charge is 0.221 e. The molecule has 1 aliphatic heterocycles. The van der Waals surface area contributed by atoms with Gasteiger partial charge in [0.1, 0.15) is 18.5 Å². The molecule has 29 heavy (non-hydrogen) atoms. The number of halogens is 1. The van der Waals surface area contributed by atoms with Crippen molar-refractivity contribution >= 4 is 28.9 Å². The molecule has 1 heterocycles. The molecule has 1 saturated heterocycles. The van der Waals surface area contributed by atoms with Gasteiger partial charge in [-0.2, -0.15) is 0 Å². The van der Waals surface area contributed by atoms with E-state index >= 15 is 0 Å². The first kappa shape index (κ1) is 21.4. The fraction of sp³-hybridized carbons (Fsp3) is 0.409. The zero-order chi connectivity index (χ0) is 20.8. The number of aliphatic hydroxyl groups excluding tert-OH is 1. The van der Waals surface area contributed by atoms with E-state index in [4.69, 9.17) is 16.3 Å². The van der Waals surface area contributed by atoms with Crippen LogP contribution in [0, 0.1) is 0 Å². The molecule has 3 rings (SSSR count). The lowest BCUT2D eigenvalue weighted by Crippen LogP contribution is -2.54. The van der Waals surface area contributed by atoms with Crippen molar-refractivity contribution in [3.05, 3.63) is 53.6 Å². The molecule has 0 spiro atoms. The first-order valence-corrected chi connectivity index (χ1v) is 10.2. The number of carbonyl (C=O) groups excluding carboxylic acids is 1. The van der Waals surface area contributed by atoms with E-state index in [1.165, 1.54) is 12.6 Å². The second-order valence-electron chi connectivity index (χ2n) is 7.44. The summed E-state index contributed by atoms with van der Waals surface area (Å²) in [5.74, 6) is 0.554. The SMILES string of the molecule is CC(=O)Nc1ccc(OC[C@@H](O)CN2CCN(c3ccc(Cl)cc3)C[C@H]2C)cc1. The number of β-amino-alcohol motifs (C(OH)–C–C–N with tert-alkyl or cyclic N) is 1. The van der Waals surface area contributed by atoms with Gasteiger partial charge in [0.05, 0.1) is 0 Å². The second-order valence-corrected chi connectivity index (χ2v) is 7.87. The van der Waals surface area contributed by atoms with Gasteiger partial charge in [-0.25, -0.2) is 0 Å². The van der Waals surface area contributed by atoms with Gasteiger partial charge in [-0.1, -0.05) is 11.6 Å². The van der Waals surface area contributed by atoms with Crippen LogP contribution in [-0.2, 0) is 4.79 Å². The molecule has 1 aliphatic rings. The molecular weight excluding hydrogens is 390 g/mol. The van der Waals surface area contributed by atoms with Crippen LogP contribution in [0.4, 0.5) is 11.4 Å². The molecule has 1 amide bonds. The van der Waals surface area contributed by atoms with Gasteiger partial charge < -0.3 is 20.1 Å². The van der Waals surface area contributed by atoms with Crippen LogP contribution >= 0.6 is 11.6 Å². The molecule has 0 saturated carbocycles. The molecule has 0 aromatic heterocycles. The average molecular weight is 418 g/mol. The predicted molar refractivity (Wildman–Crippen MR) is 117 cm³/mol. The van der Waals surface area contributed by atoms with Gasteiger partial charge in [0.15, 0.2) is 0 Å². The van der Waals surface area contributed by atoms with Crippen LogP contribution in [-0.4, -0.2) is 60.8 Å². The standard InChI is InChI=1S/C22H28ClN3O3/c1-16-13-26(20-7-3-18(23)4-8-20)12-11-25(16)14-21(28)15-29-22-9-5-19(6-10-22)24-17(2)27/h3-10,16,21,28H,11-15H2,1-2H3,(H,24,27)/t16-,21+/m1/s1. The maximum Gasteiger partial charge on any atom is 0.221 e. The van der Waals surface area contributed by atoms with Crippen molar-refractivity contribution in [1.82, 2.24) is 4.90 Å². The van der Waals surface area contributed by atoms with E-state index in [2.05, 4.69) is 22.0 Å². The zero-order valence-corrected chi connectivity index (χ0v) is 17.6. The summed E-state index contributed by atoms with van der Waals surface area (Å²) in [6.07, 6.45) is -0.574. The summed E-state index contributed by atoms with van der Waals surface area (Å²) < 4.78 is 5.69. The van der Waals surface area contributed by atoms with Crippen LogP contribution in [0.2, 0.25) is 5.02 Å². The van der Waals surface area contributed by atoms with Gasteiger partial charge >= 0.3 is 0 Å². The third-order valence-corrected chi connectivity index (χ3v) is 5.27. The summed E-state index contributed by atoms with van der Waals surface area (Å²) in [4.78, 5) is 15.7. The Morgan fingerprint density at radius 3 is 2.52 bits per heavy atom. The van der Waals surface area contributed by atoms with Crippen molar-refractivity contribution in [2.75, 3.05) is 43.0 Å². The monoisotopic (exact) mass is 417 g/mol. The molecule has 0 aliphatic carbocycles. The molecule has 6 nitrogen and oxygen atoms in total. The molecule has 2 aromatic rings. The number of benzene rings is 2. The maximum absolute atomic E-state index is 11.1. The lowest BCUT2D eigenvalue weighted by atomic mass is 10.1. The number of carbonyl (C=O) groups is 1. The Bertz CT molecular complexity index is 798.